The molecule has 0 radical (unpaired) electrons. The van der Waals surface area contributed by atoms with E-state index in [1.54, 1.807) is 12.1 Å². The van der Waals surface area contributed by atoms with Gasteiger partial charge in [0.1, 0.15) is 5.41 Å². The van der Waals surface area contributed by atoms with E-state index in [1.165, 1.54) is 12.1 Å². The summed E-state index contributed by atoms with van der Waals surface area (Å²) in [6.45, 7) is 0.414. The molecule has 0 heterocycles. The highest BCUT2D eigenvalue weighted by molar-refractivity contribution is 7.89. The summed E-state index contributed by atoms with van der Waals surface area (Å²) in [5.74, 6) is -0.221. The quantitative estimate of drug-likeness (QED) is 0.812. The average Bonchev–Trinajstić information content (AvgIpc) is 3.19. The lowest BCUT2D eigenvalue weighted by Gasteiger charge is -2.08. The third-order valence-corrected chi connectivity index (χ3v) is 4.28. The number of rotatable bonds is 5. The van der Waals surface area contributed by atoms with E-state index in [9.17, 15) is 13.2 Å². The van der Waals surface area contributed by atoms with Crippen LogP contribution >= 0.6 is 0 Å². The van der Waals surface area contributed by atoms with Crippen molar-refractivity contribution in [3.63, 3.8) is 0 Å². The van der Waals surface area contributed by atoms with Gasteiger partial charge in [-0.2, -0.15) is 5.26 Å². The predicted octanol–water partition coefficient (Wildman–Crippen LogP) is 0.296. The van der Waals surface area contributed by atoms with Gasteiger partial charge in [0.15, 0.2) is 0 Å². The summed E-state index contributed by atoms with van der Waals surface area (Å²) in [5, 5.41) is 16.6. The topological polar surface area (TPSA) is 113 Å². The summed E-state index contributed by atoms with van der Waals surface area (Å²) in [6, 6.07) is 8.21. The van der Waals surface area contributed by atoms with Gasteiger partial charge in [0, 0.05) is 6.54 Å². The van der Waals surface area contributed by atoms with Crippen LogP contribution in [0.4, 0.5) is 0 Å². The molecule has 1 aliphatic rings. The van der Waals surface area contributed by atoms with Crippen LogP contribution in [0, 0.1) is 16.7 Å². The molecule has 1 aromatic carbocycles. The summed E-state index contributed by atoms with van der Waals surface area (Å²) in [7, 11) is -3.67. The molecule has 1 saturated carbocycles. The van der Waals surface area contributed by atoms with Crippen LogP contribution in [0.25, 0.3) is 0 Å². The van der Waals surface area contributed by atoms with Crippen molar-refractivity contribution in [2.45, 2.75) is 24.2 Å². The fraction of sp³-hybridized carbons (Fsp3) is 0.385. The van der Waals surface area contributed by atoms with Gasteiger partial charge in [0.25, 0.3) is 0 Å². The van der Waals surface area contributed by atoms with Crippen LogP contribution in [-0.4, -0.2) is 20.9 Å². The van der Waals surface area contributed by atoms with Gasteiger partial charge < -0.3 is 5.32 Å². The first-order valence-electron chi connectivity index (χ1n) is 6.19. The SMILES string of the molecule is N#CC1(C(=O)NCCc2ccc(S(N)(=O)=O)cc2)CC1. The lowest BCUT2D eigenvalue weighted by Crippen LogP contribution is -2.32. The maximum Gasteiger partial charge on any atom is 0.240 e. The molecular formula is C13H15N3O3S. The minimum atomic E-state index is -3.67. The molecule has 2 rings (SSSR count). The van der Waals surface area contributed by atoms with Crippen molar-refractivity contribution in [3.8, 4) is 6.07 Å². The van der Waals surface area contributed by atoms with Gasteiger partial charge in [-0.25, -0.2) is 13.6 Å². The van der Waals surface area contributed by atoms with Crippen LogP contribution < -0.4 is 10.5 Å². The van der Waals surface area contributed by atoms with E-state index < -0.39 is 15.4 Å². The Hall–Kier alpha value is -1.91. The van der Waals surface area contributed by atoms with Crippen molar-refractivity contribution in [1.82, 2.24) is 5.32 Å². The second-order valence-electron chi connectivity index (χ2n) is 4.89. The number of sulfonamides is 1. The summed E-state index contributed by atoms with van der Waals surface area (Å²) in [4.78, 5) is 11.8. The highest BCUT2D eigenvalue weighted by Crippen LogP contribution is 2.44. The van der Waals surface area contributed by atoms with E-state index in [4.69, 9.17) is 10.4 Å². The van der Waals surface area contributed by atoms with E-state index in [-0.39, 0.29) is 10.8 Å². The number of nitrogens with one attached hydrogen (secondary N) is 1. The highest BCUT2D eigenvalue weighted by Gasteiger charge is 2.50. The molecule has 7 heteroatoms. The van der Waals surface area contributed by atoms with Gasteiger partial charge in [-0.1, -0.05) is 12.1 Å². The number of amides is 1. The molecule has 0 aromatic heterocycles. The van der Waals surface area contributed by atoms with Crippen molar-refractivity contribution in [3.05, 3.63) is 29.8 Å². The first-order chi connectivity index (χ1) is 9.37. The normalized spacial score (nSPS) is 16.2. The fourth-order valence-electron chi connectivity index (χ4n) is 1.85. The number of nitrogens with two attached hydrogens (primary N) is 1. The maximum absolute atomic E-state index is 11.7. The van der Waals surface area contributed by atoms with Gasteiger partial charge in [-0.15, -0.1) is 0 Å². The molecule has 0 aliphatic heterocycles. The Bertz CT molecular complexity index is 655. The minimum absolute atomic E-state index is 0.0618. The minimum Gasteiger partial charge on any atom is -0.354 e. The third-order valence-electron chi connectivity index (χ3n) is 3.35. The zero-order valence-electron chi connectivity index (χ0n) is 10.8. The molecule has 0 saturated heterocycles. The molecule has 1 aromatic rings. The highest BCUT2D eigenvalue weighted by atomic mass is 32.2. The lowest BCUT2D eigenvalue weighted by atomic mass is 10.1. The first kappa shape index (κ1) is 14.5. The Balaban J connectivity index is 1.86. The molecule has 0 atom stereocenters. The van der Waals surface area contributed by atoms with Crippen molar-refractivity contribution in [2.24, 2.45) is 10.6 Å². The van der Waals surface area contributed by atoms with Crippen molar-refractivity contribution in [2.75, 3.05) is 6.54 Å². The molecule has 1 amide bonds. The number of benzene rings is 1. The van der Waals surface area contributed by atoms with Gasteiger partial charge in [-0.3, -0.25) is 4.79 Å². The standard InChI is InChI=1S/C13H15N3O3S/c14-9-13(6-7-13)12(17)16-8-5-10-1-3-11(4-2-10)20(15,18)19/h1-4H,5-8H2,(H,16,17)(H2,15,18,19). The Kier molecular flexibility index (Phi) is 3.79. The van der Waals surface area contributed by atoms with E-state index in [1.807, 2.05) is 6.07 Å². The Morgan fingerprint density at radius 2 is 1.95 bits per heavy atom. The zero-order valence-corrected chi connectivity index (χ0v) is 11.6. The number of carbonyl (C=O) groups is 1. The number of nitrogens with zero attached hydrogens (tertiary/aromatic N) is 1. The Morgan fingerprint density at radius 3 is 2.40 bits per heavy atom. The van der Waals surface area contributed by atoms with E-state index in [0.717, 1.165) is 5.56 Å². The smallest absolute Gasteiger partial charge is 0.240 e. The molecule has 0 unspecified atom stereocenters. The summed E-state index contributed by atoms with van der Waals surface area (Å²) >= 11 is 0. The van der Waals surface area contributed by atoms with Crippen molar-refractivity contribution < 1.29 is 13.2 Å². The Morgan fingerprint density at radius 1 is 1.35 bits per heavy atom. The molecule has 0 bridgehead atoms. The number of nitriles is 1. The monoisotopic (exact) mass is 293 g/mol. The van der Waals surface area contributed by atoms with Gasteiger partial charge in [0.2, 0.25) is 15.9 Å². The average molecular weight is 293 g/mol. The summed E-state index contributed by atoms with van der Waals surface area (Å²) in [5.41, 5.74) is 0.0804. The number of carbonyl (C=O) groups excluding carboxylic acids is 1. The zero-order chi connectivity index (χ0) is 14.8. The molecular weight excluding hydrogens is 278 g/mol. The fourth-order valence-corrected chi connectivity index (χ4v) is 2.37. The van der Waals surface area contributed by atoms with Crippen LogP contribution in [0.2, 0.25) is 0 Å². The number of hydrogen-bond acceptors (Lipinski definition) is 4. The van der Waals surface area contributed by atoms with Crippen LogP contribution in [0.15, 0.2) is 29.2 Å². The second kappa shape index (κ2) is 5.23. The molecule has 20 heavy (non-hydrogen) atoms. The molecule has 0 spiro atoms. The van der Waals surface area contributed by atoms with Gasteiger partial charge >= 0.3 is 0 Å². The number of primary sulfonamides is 1. The van der Waals surface area contributed by atoms with Crippen LogP contribution in [0.3, 0.4) is 0 Å². The molecule has 1 fully saturated rings. The largest absolute Gasteiger partial charge is 0.354 e. The molecule has 3 N–H and O–H groups in total. The lowest BCUT2D eigenvalue weighted by molar-refractivity contribution is -0.124. The number of hydrogen-bond donors (Lipinski definition) is 2. The summed E-state index contributed by atoms with van der Waals surface area (Å²) in [6.07, 6.45) is 1.81. The third kappa shape index (κ3) is 3.15. The first-order valence-corrected chi connectivity index (χ1v) is 7.73. The van der Waals surface area contributed by atoms with Crippen molar-refractivity contribution in [1.29, 1.82) is 5.26 Å². The van der Waals surface area contributed by atoms with E-state index in [2.05, 4.69) is 5.32 Å². The molecule has 1 aliphatic carbocycles. The van der Waals surface area contributed by atoms with Crippen molar-refractivity contribution >= 4 is 15.9 Å². The van der Waals surface area contributed by atoms with E-state index >= 15 is 0 Å². The molecule has 106 valence electrons. The Labute approximate surface area is 117 Å². The second-order valence-corrected chi connectivity index (χ2v) is 6.45. The maximum atomic E-state index is 11.7. The summed E-state index contributed by atoms with van der Waals surface area (Å²) < 4.78 is 22.2. The van der Waals surface area contributed by atoms with Gasteiger partial charge in [0.05, 0.1) is 11.0 Å². The molecule has 6 nitrogen and oxygen atoms in total. The van der Waals surface area contributed by atoms with Crippen LogP contribution in [-0.2, 0) is 21.2 Å². The van der Waals surface area contributed by atoms with Crippen LogP contribution in [0.5, 0.6) is 0 Å². The van der Waals surface area contributed by atoms with Gasteiger partial charge in [-0.05, 0) is 37.0 Å². The van der Waals surface area contributed by atoms with E-state index in [0.29, 0.717) is 25.8 Å². The predicted molar refractivity (Wildman–Crippen MR) is 71.8 cm³/mol. The van der Waals surface area contributed by atoms with Crippen LogP contribution in [0.1, 0.15) is 18.4 Å².